The van der Waals surface area contributed by atoms with Crippen LogP contribution in [0, 0.1) is 0 Å². The molecule has 336 valence electrons. The second-order valence-corrected chi connectivity index (χ2v) is 16.9. The van der Waals surface area contributed by atoms with E-state index < -0.39 is 38.6 Å². The van der Waals surface area contributed by atoms with Crippen molar-refractivity contribution in [1.29, 1.82) is 0 Å². The van der Waals surface area contributed by atoms with Gasteiger partial charge in [0.15, 0.2) is 6.10 Å². The van der Waals surface area contributed by atoms with E-state index in [1.807, 2.05) is 69.8 Å². The number of aliphatic hydroxyl groups is 1. The standard InChI is InChI=1S/C48H80NO9P/c1-6-8-10-12-14-15-16-17-18-19-20-25-28-32-36-40-48(52)58-46(44-57-59(53,54)56-42-41-49(3,4)5)43-55-47(51)39-35-31-27-24-22-21-23-26-30-34-38-45(50)37-33-29-13-11-9-7-2/h9,11,14-15,17-18,21-22,26-27,29-31,33-34,38,45-46,50H,6-8,10,12-13,16,19-20,23-25,28,32,35-37,39-44H2,1-5H3/b11-9-,15-14-,18-17-,22-21-,30-26-,31-27-,33-29-,38-34+/t45?,46-/m1/s1. The van der Waals surface area contributed by atoms with Crippen LogP contribution in [-0.4, -0.2) is 81.2 Å². The number of ether oxygens (including phenoxy) is 2. The molecule has 59 heavy (non-hydrogen) atoms. The van der Waals surface area contributed by atoms with E-state index in [2.05, 4.69) is 56.4 Å². The van der Waals surface area contributed by atoms with Crippen LogP contribution in [0.3, 0.4) is 0 Å². The van der Waals surface area contributed by atoms with Crippen molar-refractivity contribution in [3.05, 3.63) is 97.2 Å². The number of hydrogen-bond donors (Lipinski definition) is 1. The van der Waals surface area contributed by atoms with Crippen molar-refractivity contribution >= 4 is 19.8 Å². The van der Waals surface area contributed by atoms with E-state index in [4.69, 9.17) is 18.5 Å². The fourth-order valence-corrected chi connectivity index (χ4v) is 5.93. The van der Waals surface area contributed by atoms with Crippen molar-refractivity contribution in [2.45, 2.75) is 148 Å². The summed E-state index contributed by atoms with van der Waals surface area (Å²) in [5.74, 6) is -0.990. The van der Waals surface area contributed by atoms with Crippen LogP contribution in [0.25, 0.3) is 0 Å². The van der Waals surface area contributed by atoms with Crippen LogP contribution >= 0.6 is 7.82 Å². The molecule has 11 heteroatoms. The quantitative estimate of drug-likeness (QED) is 0.0161. The van der Waals surface area contributed by atoms with Gasteiger partial charge in [-0.3, -0.25) is 14.2 Å². The summed E-state index contributed by atoms with van der Waals surface area (Å²) >= 11 is 0. The zero-order chi connectivity index (χ0) is 43.7. The summed E-state index contributed by atoms with van der Waals surface area (Å²) in [4.78, 5) is 37.5. The smallest absolute Gasteiger partial charge is 0.306 e. The molecule has 0 spiro atoms. The first kappa shape index (κ1) is 55.9. The first-order valence-corrected chi connectivity index (χ1v) is 23.5. The molecule has 0 aromatic rings. The molecule has 0 aromatic carbocycles. The topological polar surface area (TPSA) is 131 Å². The van der Waals surface area contributed by atoms with E-state index in [1.165, 1.54) is 19.3 Å². The summed E-state index contributed by atoms with van der Waals surface area (Å²) in [6.07, 6.45) is 47.6. The van der Waals surface area contributed by atoms with Crippen LogP contribution in [0.5, 0.6) is 0 Å². The molecule has 0 aromatic heterocycles. The van der Waals surface area contributed by atoms with Gasteiger partial charge in [0.1, 0.15) is 19.8 Å². The minimum absolute atomic E-state index is 0.0588. The fourth-order valence-electron chi connectivity index (χ4n) is 5.20. The molecule has 0 saturated heterocycles. The number of quaternary nitrogens is 1. The average Bonchev–Trinajstić information content (AvgIpc) is 3.18. The number of nitrogens with zero attached hydrogens (tertiary/aromatic N) is 1. The van der Waals surface area contributed by atoms with Gasteiger partial charge in [-0.2, -0.15) is 0 Å². The highest BCUT2D eigenvalue weighted by Crippen LogP contribution is 2.38. The van der Waals surface area contributed by atoms with E-state index >= 15 is 0 Å². The molecule has 10 nitrogen and oxygen atoms in total. The summed E-state index contributed by atoms with van der Waals surface area (Å²) in [5.41, 5.74) is 0. The van der Waals surface area contributed by atoms with Crippen molar-refractivity contribution in [2.24, 2.45) is 0 Å². The normalized spacial score (nSPS) is 15.0. The van der Waals surface area contributed by atoms with E-state index in [9.17, 15) is 24.2 Å². The number of allylic oxidation sites excluding steroid dienone is 14. The third-order valence-electron chi connectivity index (χ3n) is 8.68. The predicted molar refractivity (Wildman–Crippen MR) is 241 cm³/mol. The molecule has 2 unspecified atom stereocenters. The van der Waals surface area contributed by atoms with Crippen LogP contribution < -0.4 is 4.89 Å². The van der Waals surface area contributed by atoms with Gasteiger partial charge in [-0.05, 0) is 77.0 Å². The zero-order valence-corrected chi connectivity index (χ0v) is 38.2. The third-order valence-corrected chi connectivity index (χ3v) is 9.65. The minimum Gasteiger partial charge on any atom is -0.756 e. The van der Waals surface area contributed by atoms with Crippen molar-refractivity contribution in [3.63, 3.8) is 0 Å². The van der Waals surface area contributed by atoms with E-state index in [0.717, 1.165) is 64.2 Å². The van der Waals surface area contributed by atoms with Crippen LogP contribution in [0.1, 0.15) is 136 Å². The lowest BCUT2D eigenvalue weighted by atomic mass is 10.1. The second kappa shape index (κ2) is 39.1. The summed E-state index contributed by atoms with van der Waals surface area (Å²) in [6, 6.07) is 0. The Morgan fingerprint density at radius 1 is 0.644 bits per heavy atom. The van der Waals surface area contributed by atoms with Crippen LogP contribution in [-0.2, 0) is 32.7 Å². The lowest BCUT2D eigenvalue weighted by molar-refractivity contribution is -0.870. The minimum atomic E-state index is -4.66. The lowest BCUT2D eigenvalue weighted by Gasteiger charge is -2.28. The van der Waals surface area contributed by atoms with Gasteiger partial charge < -0.3 is 33.0 Å². The third kappa shape index (κ3) is 42.8. The Hall–Kier alpha value is -3.11. The average molecular weight is 846 g/mol. The van der Waals surface area contributed by atoms with E-state index in [-0.39, 0.29) is 26.1 Å². The number of phosphoric acid groups is 1. The number of unbranched alkanes of at least 4 members (excludes halogenated alkanes) is 8. The van der Waals surface area contributed by atoms with Gasteiger partial charge in [0.05, 0.1) is 33.9 Å². The Balaban J connectivity index is 4.58. The van der Waals surface area contributed by atoms with Crippen molar-refractivity contribution in [2.75, 3.05) is 47.5 Å². The van der Waals surface area contributed by atoms with Gasteiger partial charge in [-0.25, -0.2) is 0 Å². The Kier molecular flexibility index (Phi) is 37.0. The maximum absolute atomic E-state index is 12.7. The highest BCUT2D eigenvalue weighted by atomic mass is 31.2. The van der Waals surface area contributed by atoms with Crippen LogP contribution in [0.4, 0.5) is 0 Å². The van der Waals surface area contributed by atoms with Gasteiger partial charge in [0.2, 0.25) is 0 Å². The first-order chi connectivity index (χ1) is 28.4. The van der Waals surface area contributed by atoms with Gasteiger partial charge >= 0.3 is 11.9 Å². The summed E-state index contributed by atoms with van der Waals surface area (Å²) < 4.78 is 33.7. The molecule has 0 radical (unpaired) electrons. The summed E-state index contributed by atoms with van der Waals surface area (Å²) in [6.45, 7) is 3.87. The molecule has 1 N–H and O–H groups in total. The molecule has 0 amide bonds. The molecular formula is C48H80NO9P. The predicted octanol–water partition coefficient (Wildman–Crippen LogP) is 10.9. The molecule has 0 aliphatic heterocycles. The number of hydrogen-bond acceptors (Lipinski definition) is 9. The number of carbonyl (C=O) groups excluding carboxylic acids is 2. The molecule has 0 aliphatic carbocycles. The molecule has 0 saturated carbocycles. The number of likely N-dealkylation sites (N-methyl/N-ethyl adjacent to an activating group) is 1. The Labute approximate surface area is 358 Å². The lowest BCUT2D eigenvalue weighted by Crippen LogP contribution is -2.37. The number of rotatable bonds is 38. The zero-order valence-electron chi connectivity index (χ0n) is 37.3. The summed E-state index contributed by atoms with van der Waals surface area (Å²) in [5, 5.41) is 10.0. The monoisotopic (exact) mass is 846 g/mol. The highest BCUT2D eigenvalue weighted by Gasteiger charge is 2.21. The Bertz CT molecular complexity index is 1340. The number of esters is 2. The Morgan fingerprint density at radius 2 is 1.22 bits per heavy atom. The van der Waals surface area contributed by atoms with Crippen molar-refractivity contribution < 1.29 is 47.2 Å². The largest absolute Gasteiger partial charge is 0.756 e. The maximum atomic E-state index is 12.7. The highest BCUT2D eigenvalue weighted by molar-refractivity contribution is 7.45. The van der Waals surface area contributed by atoms with Gasteiger partial charge in [-0.15, -0.1) is 0 Å². The molecular weight excluding hydrogens is 765 g/mol. The Morgan fingerprint density at radius 3 is 1.88 bits per heavy atom. The second-order valence-electron chi connectivity index (χ2n) is 15.5. The van der Waals surface area contributed by atoms with Crippen molar-refractivity contribution in [3.8, 4) is 0 Å². The molecule has 0 bridgehead atoms. The molecule has 0 fully saturated rings. The van der Waals surface area contributed by atoms with Crippen LogP contribution in [0.2, 0.25) is 0 Å². The molecule has 0 aliphatic rings. The van der Waals surface area contributed by atoms with E-state index in [0.29, 0.717) is 36.7 Å². The number of aliphatic hydroxyl groups excluding tert-OH is 1. The SMILES string of the molecule is CC/C=C\C/C=C\CC(O)/C=C/C=C\C/C=C\C/C=C\CCC(=O)OC[C@H](COP(=O)([O-])OCC[N+](C)(C)C)OC(=O)CCCCCCC/C=C\C/C=C\CCCCC. The maximum Gasteiger partial charge on any atom is 0.306 e. The fraction of sp³-hybridized carbons (Fsp3) is 0.625. The number of phosphoric ester groups is 1. The van der Waals surface area contributed by atoms with Gasteiger partial charge in [0.25, 0.3) is 7.82 Å². The number of carbonyl (C=O) groups is 2. The summed E-state index contributed by atoms with van der Waals surface area (Å²) in [7, 11) is 1.07. The molecule has 0 rings (SSSR count). The van der Waals surface area contributed by atoms with Gasteiger partial charge in [0, 0.05) is 12.8 Å². The van der Waals surface area contributed by atoms with Crippen molar-refractivity contribution in [1.82, 2.24) is 0 Å². The van der Waals surface area contributed by atoms with E-state index in [1.54, 1.807) is 6.08 Å². The van der Waals surface area contributed by atoms with Gasteiger partial charge in [-0.1, -0.05) is 143 Å². The van der Waals surface area contributed by atoms with Crippen LogP contribution in [0.15, 0.2) is 97.2 Å². The first-order valence-electron chi connectivity index (χ1n) is 22.1. The molecule has 0 heterocycles. The molecule has 3 atom stereocenters.